The number of rotatable bonds is 7. The first kappa shape index (κ1) is 23.0. The Balaban J connectivity index is 2.01. The Labute approximate surface area is 180 Å². The Bertz CT molecular complexity index is 855. The van der Waals surface area contributed by atoms with E-state index in [9.17, 15) is 9.67 Å². The van der Waals surface area contributed by atoms with E-state index in [1.165, 1.54) is 0 Å². The van der Waals surface area contributed by atoms with Gasteiger partial charge in [0.2, 0.25) is 0 Å². The highest BCUT2D eigenvalue weighted by atomic mass is 31.2. The largest absolute Gasteiger partial charge is 0.378 e. The molecule has 1 aromatic heterocycles. The zero-order chi connectivity index (χ0) is 21.9. The van der Waals surface area contributed by atoms with Gasteiger partial charge in [-0.05, 0) is 60.9 Å². The van der Waals surface area contributed by atoms with Gasteiger partial charge < -0.3 is 14.5 Å². The van der Waals surface area contributed by atoms with Crippen LogP contribution in [0.3, 0.4) is 0 Å². The molecule has 0 saturated heterocycles. The lowest BCUT2D eigenvalue weighted by atomic mass is 9.75. The number of aromatic nitrogens is 1. The Morgan fingerprint density at radius 1 is 1.17 bits per heavy atom. The fraction of sp³-hybridized carbons (Fsp3) is 0.542. The van der Waals surface area contributed by atoms with Gasteiger partial charge in [-0.25, -0.2) is 0 Å². The second-order valence-electron chi connectivity index (χ2n) is 9.14. The van der Waals surface area contributed by atoms with E-state index in [0.717, 1.165) is 24.9 Å². The second kappa shape index (κ2) is 9.64. The Hall–Kier alpha value is -1.68. The number of aliphatic hydroxyl groups excluding tert-OH is 1. The van der Waals surface area contributed by atoms with Crippen LogP contribution < -0.4 is 10.2 Å². The van der Waals surface area contributed by atoms with E-state index < -0.39 is 13.2 Å². The maximum Gasteiger partial charge on any atom is 0.264 e. The van der Waals surface area contributed by atoms with Crippen LogP contribution in [0.25, 0.3) is 0 Å². The fourth-order valence-corrected chi connectivity index (χ4v) is 6.65. The number of aliphatic hydroxyl groups is 1. The summed E-state index contributed by atoms with van der Waals surface area (Å²) in [4.78, 5) is 6.10. The fourth-order valence-electron chi connectivity index (χ4n) is 4.38. The molecule has 0 amide bonds. The third-order valence-corrected chi connectivity index (χ3v) is 8.83. The Kier molecular flexibility index (Phi) is 7.38. The number of nitrogens with zero attached hydrogens (tertiary/aromatic N) is 2. The maximum atomic E-state index is 14.4. The molecule has 1 fully saturated rings. The van der Waals surface area contributed by atoms with Crippen molar-refractivity contribution in [2.45, 2.75) is 52.0 Å². The first-order valence-corrected chi connectivity index (χ1v) is 12.6. The van der Waals surface area contributed by atoms with Crippen LogP contribution in [0.15, 0.2) is 48.8 Å². The quantitative estimate of drug-likeness (QED) is 0.610. The van der Waals surface area contributed by atoms with Crippen molar-refractivity contribution in [3.8, 4) is 0 Å². The van der Waals surface area contributed by atoms with Crippen LogP contribution in [0.4, 0.5) is 5.69 Å². The maximum absolute atomic E-state index is 14.4. The molecule has 1 heterocycles. The van der Waals surface area contributed by atoms with Crippen molar-refractivity contribution >= 4 is 18.4 Å². The molecule has 0 unspecified atom stereocenters. The number of benzene rings is 1. The van der Waals surface area contributed by atoms with E-state index in [-0.39, 0.29) is 6.10 Å². The lowest BCUT2D eigenvalue weighted by molar-refractivity contribution is 0.0427. The first-order valence-electron chi connectivity index (χ1n) is 10.9. The third-order valence-electron chi connectivity index (χ3n) is 6.28. The van der Waals surface area contributed by atoms with Crippen LogP contribution in [0.5, 0.6) is 0 Å². The summed E-state index contributed by atoms with van der Waals surface area (Å²) >= 11 is 0. The minimum atomic E-state index is -3.61. The average molecular weight is 431 g/mol. The van der Waals surface area contributed by atoms with Gasteiger partial charge >= 0.3 is 0 Å². The van der Waals surface area contributed by atoms with Gasteiger partial charge in [0, 0.05) is 43.0 Å². The van der Waals surface area contributed by atoms with Gasteiger partial charge in [-0.2, -0.15) is 0 Å². The van der Waals surface area contributed by atoms with Gasteiger partial charge in [-0.1, -0.05) is 33.3 Å². The van der Waals surface area contributed by atoms with Gasteiger partial charge in [0.1, 0.15) is 0 Å². The van der Waals surface area contributed by atoms with Crippen LogP contribution in [-0.2, 0) is 9.09 Å². The predicted octanol–water partition coefficient (Wildman–Crippen LogP) is 5.22. The van der Waals surface area contributed by atoms with Crippen molar-refractivity contribution in [2.75, 3.05) is 19.0 Å². The summed E-state index contributed by atoms with van der Waals surface area (Å²) < 4.78 is 20.9. The SMILES string of the molecule is CC(C)[C@@H]1CC[C@@H](C)C[C@H]1O[P@](=O)(c1ccc(N(C)C)cc1)[C@H](O)c1cccnc1. The minimum Gasteiger partial charge on any atom is -0.378 e. The number of anilines is 1. The summed E-state index contributed by atoms with van der Waals surface area (Å²) in [6, 6.07) is 11.0. The second-order valence-corrected chi connectivity index (χ2v) is 11.5. The molecule has 1 saturated carbocycles. The van der Waals surface area contributed by atoms with E-state index in [0.29, 0.717) is 28.6 Å². The van der Waals surface area contributed by atoms with Gasteiger partial charge in [-0.3, -0.25) is 9.55 Å². The summed E-state index contributed by atoms with van der Waals surface area (Å²) in [6.07, 6.45) is 6.16. The van der Waals surface area contributed by atoms with Gasteiger partial charge in [0.15, 0.2) is 5.85 Å². The zero-order valence-corrected chi connectivity index (χ0v) is 19.6. The molecule has 6 heteroatoms. The third kappa shape index (κ3) is 4.96. The molecule has 3 rings (SSSR count). The number of hydrogen-bond acceptors (Lipinski definition) is 5. The van der Waals surface area contributed by atoms with E-state index >= 15 is 0 Å². The summed E-state index contributed by atoms with van der Waals surface area (Å²) in [5, 5.41) is 11.8. The topological polar surface area (TPSA) is 62.7 Å². The average Bonchev–Trinajstić information content (AvgIpc) is 2.73. The van der Waals surface area contributed by atoms with Crippen molar-refractivity contribution in [2.24, 2.45) is 17.8 Å². The van der Waals surface area contributed by atoms with Crippen LogP contribution in [0.1, 0.15) is 51.4 Å². The van der Waals surface area contributed by atoms with E-state index in [4.69, 9.17) is 4.52 Å². The standard InChI is InChI=1S/C24H35N2O3P/c1-17(2)22-13-8-18(3)15-23(22)29-30(28,24(27)19-7-6-14-25-16-19)21-11-9-20(10-12-21)26(4)5/h6-7,9-12,14,16-18,22-24,27H,8,13,15H2,1-5H3/t18-,22+,23-,24+,30-/m1/s1. The van der Waals surface area contributed by atoms with E-state index in [1.54, 1.807) is 24.5 Å². The van der Waals surface area contributed by atoms with Gasteiger partial charge in [-0.15, -0.1) is 0 Å². The molecule has 5 nitrogen and oxygen atoms in total. The lowest BCUT2D eigenvalue weighted by Crippen LogP contribution is -2.35. The molecule has 30 heavy (non-hydrogen) atoms. The van der Waals surface area contributed by atoms with Crippen LogP contribution in [0.2, 0.25) is 0 Å². The predicted molar refractivity (Wildman–Crippen MR) is 123 cm³/mol. The lowest BCUT2D eigenvalue weighted by Gasteiger charge is -2.39. The highest BCUT2D eigenvalue weighted by molar-refractivity contribution is 7.67. The molecular formula is C24H35N2O3P. The number of hydrogen-bond donors (Lipinski definition) is 1. The summed E-state index contributed by atoms with van der Waals surface area (Å²) in [6.45, 7) is 6.62. The van der Waals surface area contributed by atoms with Crippen molar-refractivity contribution in [1.82, 2.24) is 4.98 Å². The van der Waals surface area contributed by atoms with Crippen molar-refractivity contribution < 1.29 is 14.2 Å². The Morgan fingerprint density at radius 2 is 1.87 bits per heavy atom. The first-order chi connectivity index (χ1) is 14.2. The molecule has 1 N–H and O–H groups in total. The van der Waals surface area contributed by atoms with Crippen molar-refractivity contribution in [3.63, 3.8) is 0 Å². The molecule has 1 aromatic carbocycles. The zero-order valence-electron chi connectivity index (χ0n) is 18.7. The molecule has 2 aromatic rings. The molecule has 164 valence electrons. The highest BCUT2D eigenvalue weighted by Crippen LogP contribution is 2.60. The minimum absolute atomic E-state index is 0.139. The summed E-state index contributed by atoms with van der Waals surface area (Å²) in [5.74, 6) is 0.0332. The highest BCUT2D eigenvalue weighted by Gasteiger charge is 2.42. The molecule has 0 spiro atoms. The molecule has 0 radical (unpaired) electrons. The summed E-state index contributed by atoms with van der Waals surface area (Å²) in [5.41, 5.74) is 1.52. The van der Waals surface area contributed by atoms with E-state index in [2.05, 4.69) is 25.8 Å². The van der Waals surface area contributed by atoms with Gasteiger partial charge in [0.05, 0.1) is 6.10 Å². The van der Waals surface area contributed by atoms with Crippen LogP contribution >= 0.6 is 7.37 Å². The van der Waals surface area contributed by atoms with Crippen LogP contribution in [0, 0.1) is 17.8 Å². The molecular weight excluding hydrogens is 395 g/mol. The van der Waals surface area contributed by atoms with E-state index in [1.807, 2.05) is 43.3 Å². The van der Waals surface area contributed by atoms with Gasteiger partial charge in [0.25, 0.3) is 7.37 Å². The normalized spacial score (nSPS) is 25.0. The smallest absolute Gasteiger partial charge is 0.264 e. The molecule has 5 atom stereocenters. The molecule has 1 aliphatic carbocycles. The number of pyridine rings is 1. The van der Waals surface area contributed by atoms with Crippen LogP contribution in [-0.4, -0.2) is 30.3 Å². The van der Waals surface area contributed by atoms with Crippen molar-refractivity contribution in [1.29, 1.82) is 0 Å². The Morgan fingerprint density at radius 3 is 2.43 bits per heavy atom. The summed E-state index contributed by atoms with van der Waals surface area (Å²) in [7, 11) is 0.319. The molecule has 0 bridgehead atoms. The molecule has 1 aliphatic rings. The van der Waals surface area contributed by atoms with Crippen molar-refractivity contribution in [3.05, 3.63) is 54.4 Å². The molecule has 0 aliphatic heterocycles. The monoisotopic (exact) mass is 430 g/mol.